The van der Waals surface area contributed by atoms with Crippen LogP contribution >= 0.6 is 0 Å². The van der Waals surface area contributed by atoms with Gasteiger partial charge in [0.05, 0.1) is 5.56 Å². The Bertz CT molecular complexity index is 443. The molecule has 1 aromatic heterocycles. The largest absolute Gasteiger partial charge is 0.416 e. The number of nitrogens with one attached hydrogen (secondary N) is 3. The van der Waals surface area contributed by atoms with Crippen molar-refractivity contribution in [3.8, 4) is 0 Å². The minimum atomic E-state index is -4.45. The molecule has 1 fully saturated rings. The number of pyridine rings is 1. The van der Waals surface area contributed by atoms with Crippen LogP contribution in [0.15, 0.2) is 18.3 Å². The molecule has 1 aliphatic heterocycles. The van der Waals surface area contributed by atoms with Crippen LogP contribution in [-0.2, 0) is 11.0 Å². The van der Waals surface area contributed by atoms with Crippen molar-refractivity contribution in [2.75, 3.05) is 11.9 Å². The van der Waals surface area contributed by atoms with Crippen LogP contribution in [0.4, 0.5) is 19.0 Å². The first kappa shape index (κ1) is 12.8. The molecule has 0 bridgehead atoms. The SMILES string of the molecule is O=C(Nc1cc(C(F)(F)F)ccn1)C1CCNN1. The second-order valence-corrected chi connectivity index (χ2v) is 3.83. The second kappa shape index (κ2) is 4.91. The molecule has 1 aromatic rings. The van der Waals surface area contributed by atoms with Crippen molar-refractivity contribution in [3.63, 3.8) is 0 Å². The van der Waals surface area contributed by atoms with Gasteiger partial charge in [0.2, 0.25) is 5.91 Å². The van der Waals surface area contributed by atoms with E-state index >= 15 is 0 Å². The molecule has 0 saturated carbocycles. The van der Waals surface area contributed by atoms with E-state index < -0.39 is 23.7 Å². The number of hydrogen-bond donors (Lipinski definition) is 3. The van der Waals surface area contributed by atoms with Gasteiger partial charge >= 0.3 is 6.18 Å². The quantitative estimate of drug-likeness (QED) is 0.739. The van der Waals surface area contributed by atoms with Gasteiger partial charge in [-0.05, 0) is 18.6 Å². The number of alkyl halides is 3. The fraction of sp³-hybridized carbons (Fsp3) is 0.400. The summed E-state index contributed by atoms with van der Waals surface area (Å²) in [7, 11) is 0. The first-order chi connectivity index (χ1) is 8.47. The Balaban J connectivity index is 2.07. The maximum atomic E-state index is 12.4. The minimum absolute atomic E-state index is 0.108. The predicted molar refractivity (Wildman–Crippen MR) is 57.4 cm³/mol. The normalized spacial score (nSPS) is 19.8. The molecule has 18 heavy (non-hydrogen) atoms. The lowest BCUT2D eigenvalue weighted by molar-refractivity contribution is -0.137. The van der Waals surface area contributed by atoms with Gasteiger partial charge in [0.15, 0.2) is 0 Å². The third kappa shape index (κ3) is 2.96. The number of carbonyl (C=O) groups excluding carboxylic acids is 1. The van der Waals surface area contributed by atoms with Crippen LogP contribution in [0.3, 0.4) is 0 Å². The molecule has 0 spiro atoms. The average molecular weight is 260 g/mol. The molecule has 0 aromatic carbocycles. The maximum Gasteiger partial charge on any atom is 0.416 e. The van der Waals surface area contributed by atoms with Crippen LogP contribution in [-0.4, -0.2) is 23.5 Å². The van der Waals surface area contributed by atoms with Gasteiger partial charge in [0, 0.05) is 12.7 Å². The van der Waals surface area contributed by atoms with E-state index in [2.05, 4.69) is 21.2 Å². The first-order valence-electron chi connectivity index (χ1n) is 5.29. The topological polar surface area (TPSA) is 66.0 Å². The van der Waals surface area contributed by atoms with Gasteiger partial charge in [-0.15, -0.1) is 0 Å². The van der Waals surface area contributed by atoms with Crippen LogP contribution in [0.1, 0.15) is 12.0 Å². The highest BCUT2D eigenvalue weighted by molar-refractivity contribution is 5.94. The van der Waals surface area contributed by atoms with Crippen LogP contribution in [0.2, 0.25) is 0 Å². The third-order valence-electron chi connectivity index (χ3n) is 2.49. The van der Waals surface area contributed by atoms with Crippen molar-refractivity contribution in [2.45, 2.75) is 18.6 Å². The molecular formula is C10H11F3N4O. The molecular weight excluding hydrogens is 249 g/mol. The van der Waals surface area contributed by atoms with E-state index in [1.54, 1.807) is 0 Å². The van der Waals surface area contributed by atoms with E-state index in [4.69, 9.17) is 0 Å². The van der Waals surface area contributed by atoms with Crippen LogP contribution in [0, 0.1) is 0 Å². The highest BCUT2D eigenvalue weighted by Gasteiger charge is 2.31. The minimum Gasteiger partial charge on any atom is -0.309 e. The number of halogens is 3. The first-order valence-corrected chi connectivity index (χ1v) is 5.29. The number of aromatic nitrogens is 1. The third-order valence-corrected chi connectivity index (χ3v) is 2.49. The summed E-state index contributed by atoms with van der Waals surface area (Å²) in [6.07, 6.45) is -2.86. The van der Waals surface area contributed by atoms with Crippen molar-refractivity contribution in [1.29, 1.82) is 0 Å². The summed E-state index contributed by atoms with van der Waals surface area (Å²) in [5, 5.41) is 2.34. The number of anilines is 1. The number of amides is 1. The molecule has 2 rings (SSSR count). The number of nitrogens with zero attached hydrogens (tertiary/aromatic N) is 1. The molecule has 1 aliphatic rings. The van der Waals surface area contributed by atoms with E-state index in [-0.39, 0.29) is 5.82 Å². The molecule has 2 heterocycles. The van der Waals surface area contributed by atoms with Gasteiger partial charge in [0.1, 0.15) is 11.9 Å². The Morgan fingerprint density at radius 3 is 2.89 bits per heavy atom. The molecule has 1 saturated heterocycles. The summed E-state index contributed by atoms with van der Waals surface area (Å²) < 4.78 is 37.3. The zero-order chi connectivity index (χ0) is 13.2. The number of carbonyl (C=O) groups is 1. The molecule has 0 aliphatic carbocycles. The number of hydrogen-bond acceptors (Lipinski definition) is 4. The average Bonchev–Trinajstić information content (AvgIpc) is 2.81. The molecule has 8 heteroatoms. The summed E-state index contributed by atoms with van der Waals surface area (Å²) in [6, 6.07) is 1.20. The van der Waals surface area contributed by atoms with E-state index in [9.17, 15) is 18.0 Å². The summed E-state index contributed by atoms with van der Waals surface area (Å²) in [5.41, 5.74) is 4.63. The van der Waals surface area contributed by atoms with Gasteiger partial charge in [0.25, 0.3) is 0 Å². The summed E-state index contributed by atoms with van der Waals surface area (Å²) >= 11 is 0. The number of hydrazine groups is 1. The molecule has 3 N–H and O–H groups in total. The van der Waals surface area contributed by atoms with Crippen molar-refractivity contribution in [2.24, 2.45) is 0 Å². The van der Waals surface area contributed by atoms with Gasteiger partial charge in [-0.3, -0.25) is 10.2 Å². The lowest BCUT2D eigenvalue weighted by atomic mass is 10.2. The van der Waals surface area contributed by atoms with E-state index in [0.29, 0.717) is 13.0 Å². The lowest BCUT2D eigenvalue weighted by Gasteiger charge is -2.11. The van der Waals surface area contributed by atoms with Crippen molar-refractivity contribution >= 4 is 11.7 Å². The van der Waals surface area contributed by atoms with Crippen LogP contribution in [0.5, 0.6) is 0 Å². The summed E-state index contributed by atoms with van der Waals surface area (Å²) in [5.74, 6) is -0.518. The molecule has 1 amide bonds. The molecule has 1 atom stereocenters. The van der Waals surface area contributed by atoms with E-state index in [1.807, 2.05) is 0 Å². The van der Waals surface area contributed by atoms with E-state index in [0.717, 1.165) is 18.3 Å². The molecule has 98 valence electrons. The van der Waals surface area contributed by atoms with Crippen molar-refractivity contribution in [1.82, 2.24) is 15.8 Å². The number of rotatable bonds is 2. The van der Waals surface area contributed by atoms with Crippen LogP contribution < -0.4 is 16.2 Å². The van der Waals surface area contributed by atoms with Crippen LogP contribution in [0.25, 0.3) is 0 Å². The lowest BCUT2D eigenvalue weighted by Crippen LogP contribution is -2.39. The van der Waals surface area contributed by atoms with E-state index in [1.165, 1.54) is 0 Å². The maximum absolute atomic E-state index is 12.4. The smallest absolute Gasteiger partial charge is 0.309 e. The van der Waals surface area contributed by atoms with Gasteiger partial charge in [-0.1, -0.05) is 0 Å². The van der Waals surface area contributed by atoms with Gasteiger partial charge in [-0.25, -0.2) is 10.4 Å². The Morgan fingerprint density at radius 1 is 1.50 bits per heavy atom. The molecule has 1 unspecified atom stereocenters. The predicted octanol–water partition coefficient (Wildman–Crippen LogP) is 0.905. The highest BCUT2D eigenvalue weighted by Crippen LogP contribution is 2.29. The molecule has 0 radical (unpaired) electrons. The zero-order valence-corrected chi connectivity index (χ0v) is 9.21. The Morgan fingerprint density at radius 2 is 2.28 bits per heavy atom. The van der Waals surface area contributed by atoms with Crippen molar-refractivity contribution in [3.05, 3.63) is 23.9 Å². The Kier molecular flexibility index (Phi) is 3.48. The monoisotopic (exact) mass is 260 g/mol. The standard InChI is InChI=1S/C10H11F3N4O/c11-10(12,13)6-1-3-14-8(5-6)16-9(18)7-2-4-15-17-7/h1,3,5,7,15,17H,2,4H2,(H,14,16,18). The fourth-order valence-electron chi connectivity index (χ4n) is 1.57. The second-order valence-electron chi connectivity index (χ2n) is 3.83. The Hall–Kier alpha value is -1.67. The van der Waals surface area contributed by atoms with Gasteiger partial charge < -0.3 is 5.32 Å². The summed E-state index contributed by atoms with van der Waals surface area (Å²) in [4.78, 5) is 15.3. The zero-order valence-electron chi connectivity index (χ0n) is 9.21. The highest BCUT2D eigenvalue weighted by atomic mass is 19.4. The summed E-state index contributed by atoms with van der Waals surface area (Å²) in [6.45, 7) is 0.633. The molecule has 5 nitrogen and oxygen atoms in total. The fourth-order valence-corrected chi connectivity index (χ4v) is 1.57. The van der Waals surface area contributed by atoms with Gasteiger partial charge in [-0.2, -0.15) is 13.2 Å². The van der Waals surface area contributed by atoms with Crippen molar-refractivity contribution < 1.29 is 18.0 Å². The Labute approximate surface area is 101 Å².